The first-order valence-corrected chi connectivity index (χ1v) is 9.22. The maximum absolute atomic E-state index is 13.1. The number of carbonyl (C=O) groups is 5. The van der Waals surface area contributed by atoms with E-state index in [2.05, 4.69) is 20.6 Å². The van der Waals surface area contributed by atoms with Crippen molar-refractivity contribution < 1.29 is 24.0 Å². The van der Waals surface area contributed by atoms with Crippen molar-refractivity contribution in [3.05, 3.63) is 18.2 Å². The van der Waals surface area contributed by atoms with Crippen LogP contribution in [0.3, 0.4) is 0 Å². The summed E-state index contributed by atoms with van der Waals surface area (Å²) in [4.78, 5) is 70.1. The molecule has 3 atom stereocenters. The van der Waals surface area contributed by atoms with Gasteiger partial charge in [-0.15, -0.1) is 0 Å². The van der Waals surface area contributed by atoms with Crippen molar-refractivity contribution in [3.8, 4) is 0 Å². The van der Waals surface area contributed by atoms with Gasteiger partial charge in [0.2, 0.25) is 23.6 Å². The monoisotopic (exact) mass is 405 g/mol. The first kappa shape index (κ1) is 20.3. The van der Waals surface area contributed by atoms with Crippen LogP contribution in [-0.2, 0) is 25.6 Å². The smallest absolute Gasteiger partial charge is 0.324 e. The Morgan fingerprint density at radius 1 is 1.38 bits per heavy atom. The number of nitrogens with two attached hydrogens (primary N) is 1. The number of hydrogen-bond acceptors (Lipinski definition) is 6. The van der Waals surface area contributed by atoms with Gasteiger partial charge in [-0.05, 0) is 12.8 Å². The summed E-state index contributed by atoms with van der Waals surface area (Å²) < 4.78 is 0. The minimum atomic E-state index is -1.09. The van der Waals surface area contributed by atoms with Gasteiger partial charge in [-0.1, -0.05) is 0 Å². The number of H-pyrrole nitrogens is 1. The number of amides is 6. The average Bonchev–Trinajstić information content (AvgIpc) is 3.36. The molecular weight excluding hydrogens is 382 g/mol. The summed E-state index contributed by atoms with van der Waals surface area (Å²) in [5.74, 6) is -2.22. The SMILES string of the molecule is CN1C(=O)C[C@H](C(=O)N[C@@H](Cc2cnc[nH]2)C(=O)N2CCC[C@H]2C(N)=O)NC1=O. The molecule has 3 rings (SSSR count). The van der Waals surface area contributed by atoms with Crippen LogP contribution in [-0.4, -0.2) is 81.1 Å². The van der Waals surface area contributed by atoms with Crippen LogP contribution in [0.1, 0.15) is 25.0 Å². The van der Waals surface area contributed by atoms with Crippen molar-refractivity contribution in [1.82, 2.24) is 30.4 Å². The third-order valence-corrected chi connectivity index (χ3v) is 5.13. The van der Waals surface area contributed by atoms with E-state index in [4.69, 9.17) is 5.73 Å². The number of urea groups is 1. The molecule has 5 N–H and O–H groups in total. The van der Waals surface area contributed by atoms with Crippen LogP contribution in [0.15, 0.2) is 12.5 Å². The average molecular weight is 405 g/mol. The van der Waals surface area contributed by atoms with Gasteiger partial charge in [0.05, 0.1) is 12.7 Å². The minimum Gasteiger partial charge on any atom is -0.368 e. The lowest BCUT2D eigenvalue weighted by Crippen LogP contribution is -2.61. The highest BCUT2D eigenvalue weighted by Crippen LogP contribution is 2.19. The Morgan fingerprint density at radius 2 is 2.14 bits per heavy atom. The van der Waals surface area contributed by atoms with E-state index in [9.17, 15) is 24.0 Å². The van der Waals surface area contributed by atoms with Gasteiger partial charge in [-0.3, -0.25) is 24.1 Å². The number of carbonyl (C=O) groups excluding carboxylic acids is 5. The fourth-order valence-electron chi connectivity index (χ4n) is 3.50. The molecule has 0 bridgehead atoms. The van der Waals surface area contributed by atoms with Gasteiger partial charge in [0, 0.05) is 31.9 Å². The van der Waals surface area contributed by atoms with Gasteiger partial charge in [0.25, 0.3) is 0 Å². The molecule has 0 spiro atoms. The molecule has 156 valence electrons. The highest BCUT2D eigenvalue weighted by Gasteiger charge is 2.39. The van der Waals surface area contributed by atoms with Crippen LogP contribution in [0.2, 0.25) is 0 Å². The van der Waals surface area contributed by atoms with E-state index < -0.39 is 47.8 Å². The second kappa shape index (κ2) is 8.29. The fraction of sp³-hybridized carbons (Fsp3) is 0.529. The molecule has 0 unspecified atom stereocenters. The van der Waals surface area contributed by atoms with Crippen LogP contribution in [0.4, 0.5) is 4.79 Å². The first-order chi connectivity index (χ1) is 13.8. The molecule has 0 radical (unpaired) electrons. The summed E-state index contributed by atoms with van der Waals surface area (Å²) in [6, 6.07) is -3.53. The number of rotatable bonds is 6. The molecule has 2 fully saturated rings. The van der Waals surface area contributed by atoms with E-state index in [-0.39, 0.29) is 12.8 Å². The van der Waals surface area contributed by atoms with Crippen molar-refractivity contribution in [2.24, 2.45) is 5.73 Å². The highest BCUT2D eigenvalue weighted by molar-refractivity contribution is 6.03. The van der Waals surface area contributed by atoms with Gasteiger partial charge in [-0.2, -0.15) is 0 Å². The normalized spacial score (nSPS) is 22.9. The Morgan fingerprint density at radius 3 is 2.76 bits per heavy atom. The second-order valence-corrected chi connectivity index (χ2v) is 7.09. The zero-order valence-electron chi connectivity index (χ0n) is 15.9. The van der Waals surface area contributed by atoms with Crippen molar-refractivity contribution in [3.63, 3.8) is 0 Å². The molecule has 1 aromatic rings. The number of imide groups is 1. The van der Waals surface area contributed by atoms with E-state index in [1.54, 1.807) is 0 Å². The first-order valence-electron chi connectivity index (χ1n) is 9.22. The third-order valence-electron chi connectivity index (χ3n) is 5.13. The molecule has 12 nitrogen and oxygen atoms in total. The maximum Gasteiger partial charge on any atom is 0.324 e. The summed E-state index contributed by atoms with van der Waals surface area (Å²) in [6.45, 7) is 0.352. The molecule has 12 heteroatoms. The molecule has 2 aliphatic rings. The third kappa shape index (κ3) is 4.36. The van der Waals surface area contributed by atoms with Crippen LogP contribution < -0.4 is 16.4 Å². The summed E-state index contributed by atoms with van der Waals surface area (Å²) in [5.41, 5.74) is 6.00. The Balaban J connectivity index is 1.76. The number of primary amides is 1. The highest BCUT2D eigenvalue weighted by atomic mass is 16.2. The van der Waals surface area contributed by atoms with E-state index in [0.717, 1.165) is 4.90 Å². The van der Waals surface area contributed by atoms with E-state index in [0.29, 0.717) is 25.1 Å². The van der Waals surface area contributed by atoms with E-state index in [1.807, 2.05) is 0 Å². The Hall–Kier alpha value is -3.44. The quantitative estimate of drug-likeness (QED) is 0.420. The lowest BCUT2D eigenvalue weighted by molar-refractivity contribution is -0.141. The summed E-state index contributed by atoms with van der Waals surface area (Å²) in [5, 5.41) is 5.03. The van der Waals surface area contributed by atoms with Gasteiger partial charge < -0.3 is 26.3 Å². The fourth-order valence-corrected chi connectivity index (χ4v) is 3.50. The molecule has 0 saturated carbocycles. The predicted molar refractivity (Wildman–Crippen MR) is 97.9 cm³/mol. The van der Waals surface area contributed by atoms with Gasteiger partial charge in [0.15, 0.2) is 0 Å². The lowest BCUT2D eigenvalue weighted by Gasteiger charge is -2.31. The Labute approximate surface area is 166 Å². The van der Waals surface area contributed by atoms with Gasteiger partial charge >= 0.3 is 6.03 Å². The Kier molecular flexibility index (Phi) is 5.80. The molecule has 2 saturated heterocycles. The molecular formula is C17H23N7O5. The minimum absolute atomic E-state index is 0.0983. The van der Waals surface area contributed by atoms with Crippen LogP contribution in [0, 0.1) is 0 Å². The van der Waals surface area contributed by atoms with Gasteiger partial charge in [-0.25, -0.2) is 9.78 Å². The van der Waals surface area contributed by atoms with E-state index >= 15 is 0 Å². The zero-order chi connectivity index (χ0) is 21.1. The number of nitrogens with zero attached hydrogens (tertiary/aromatic N) is 3. The lowest BCUT2D eigenvalue weighted by atomic mass is 10.1. The number of hydrogen-bond donors (Lipinski definition) is 4. The van der Waals surface area contributed by atoms with Crippen molar-refractivity contribution in [1.29, 1.82) is 0 Å². The predicted octanol–water partition coefficient (Wildman–Crippen LogP) is -2.15. The summed E-state index contributed by atoms with van der Waals surface area (Å²) >= 11 is 0. The van der Waals surface area contributed by atoms with Crippen molar-refractivity contribution >= 4 is 29.7 Å². The molecule has 0 aliphatic carbocycles. The standard InChI is InChI=1S/C17H23N7O5/c1-23-13(25)6-10(22-17(23)29)15(27)21-11(5-9-7-19-8-20-9)16(28)24-4-2-3-12(24)14(18)26/h7-8,10-12H,2-6H2,1H3,(H2,18,26)(H,19,20)(H,21,27)(H,22,29)/t10-,11+,12+/m1/s1. The van der Waals surface area contributed by atoms with Crippen LogP contribution >= 0.6 is 0 Å². The summed E-state index contributed by atoms with van der Waals surface area (Å²) in [6.07, 6.45) is 3.93. The summed E-state index contributed by atoms with van der Waals surface area (Å²) in [7, 11) is 1.31. The van der Waals surface area contributed by atoms with Crippen LogP contribution in [0.25, 0.3) is 0 Å². The van der Waals surface area contributed by atoms with Crippen molar-refractivity contribution in [2.45, 2.75) is 43.8 Å². The molecule has 6 amide bonds. The molecule has 3 heterocycles. The zero-order valence-corrected chi connectivity index (χ0v) is 15.9. The number of likely N-dealkylation sites (tertiary alicyclic amines) is 1. The number of aromatic amines is 1. The molecule has 0 aromatic carbocycles. The topological polar surface area (TPSA) is 171 Å². The molecule has 29 heavy (non-hydrogen) atoms. The van der Waals surface area contributed by atoms with Gasteiger partial charge in [0.1, 0.15) is 18.1 Å². The number of nitrogens with one attached hydrogen (secondary N) is 3. The number of aromatic nitrogens is 2. The van der Waals surface area contributed by atoms with E-state index in [1.165, 1.54) is 24.5 Å². The maximum atomic E-state index is 13.1. The number of imidazole rings is 1. The Bertz CT molecular complexity index is 806. The largest absolute Gasteiger partial charge is 0.368 e. The molecule has 2 aliphatic heterocycles. The van der Waals surface area contributed by atoms with Crippen molar-refractivity contribution in [2.75, 3.05) is 13.6 Å². The van der Waals surface area contributed by atoms with Crippen LogP contribution in [0.5, 0.6) is 0 Å². The second-order valence-electron chi connectivity index (χ2n) is 7.09. The molecule has 1 aromatic heterocycles.